The molecule has 0 saturated carbocycles. The molecule has 0 bridgehead atoms. The van der Waals surface area contributed by atoms with Gasteiger partial charge in [0, 0.05) is 67.6 Å². The van der Waals surface area contributed by atoms with Crippen molar-refractivity contribution in [2.45, 2.75) is 45.4 Å². The molecule has 2 aliphatic rings. The highest BCUT2D eigenvalue weighted by atomic mass is 15.3. The second-order valence-electron chi connectivity index (χ2n) is 8.63. The Morgan fingerprint density at radius 1 is 0.839 bits per heavy atom. The van der Waals surface area contributed by atoms with Crippen LogP contribution in [0.5, 0.6) is 0 Å². The standard InChI is InChI=1S/C24H29N7/c1-17-14-18(2)28-24(27-17)31-13-5-6-20(16-31)22-21(19-7-9-25-10-8-19)15-26-23(29-22)30-11-3-4-12-30/h7-10,14-15,20H,3-6,11-13,16H2,1-2H3. The second-order valence-corrected chi connectivity index (χ2v) is 8.63. The number of nitrogens with zero attached hydrogens (tertiary/aromatic N) is 7. The summed E-state index contributed by atoms with van der Waals surface area (Å²) in [6.07, 6.45) is 10.3. The summed E-state index contributed by atoms with van der Waals surface area (Å²) in [5, 5.41) is 0. The van der Waals surface area contributed by atoms with E-state index in [2.05, 4.69) is 14.8 Å². The van der Waals surface area contributed by atoms with E-state index >= 15 is 0 Å². The summed E-state index contributed by atoms with van der Waals surface area (Å²) in [7, 11) is 0. The van der Waals surface area contributed by atoms with E-state index in [1.165, 1.54) is 12.8 Å². The van der Waals surface area contributed by atoms with E-state index in [0.29, 0.717) is 5.92 Å². The SMILES string of the molecule is Cc1cc(C)nc(N2CCCC(c3nc(N4CCCC4)ncc3-c3ccncc3)C2)n1. The van der Waals surface area contributed by atoms with E-state index in [0.717, 1.165) is 79.1 Å². The number of piperidine rings is 1. The molecule has 1 unspecified atom stereocenters. The van der Waals surface area contributed by atoms with Crippen molar-refractivity contribution in [2.24, 2.45) is 0 Å². The van der Waals surface area contributed by atoms with E-state index in [4.69, 9.17) is 19.9 Å². The molecule has 0 radical (unpaired) electrons. The smallest absolute Gasteiger partial charge is 0.225 e. The van der Waals surface area contributed by atoms with Crippen LogP contribution in [-0.2, 0) is 0 Å². The van der Waals surface area contributed by atoms with Crippen LogP contribution in [0, 0.1) is 13.8 Å². The maximum Gasteiger partial charge on any atom is 0.225 e. The first-order chi connectivity index (χ1) is 15.2. The minimum Gasteiger partial charge on any atom is -0.341 e. The Kier molecular flexibility index (Phi) is 5.49. The molecule has 7 nitrogen and oxygen atoms in total. The maximum atomic E-state index is 5.14. The average molecular weight is 416 g/mol. The van der Waals surface area contributed by atoms with Gasteiger partial charge in [-0.25, -0.2) is 19.9 Å². The van der Waals surface area contributed by atoms with Gasteiger partial charge in [-0.15, -0.1) is 0 Å². The molecule has 5 heterocycles. The Balaban J connectivity index is 1.51. The van der Waals surface area contributed by atoms with Gasteiger partial charge in [-0.1, -0.05) is 0 Å². The highest BCUT2D eigenvalue weighted by molar-refractivity contribution is 5.66. The van der Waals surface area contributed by atoms with E-state index in [1.807, 2.05) is 50.6 Å². The molecule has 0 aromatic carbocycles. The summed E-state index contributed by atoms with van der Waals surface area (Å²) >= 11 is 0. The van der Waals surface area contributed by atoms with Crippen molar-refractivity contribution in [3.05, 3.63) is 53.9 Å². The normalized spacial score (nSPS) is 19.1. The molecule has 3 aromatic rings. The molecule has 5 rings (SSSR count). The largest absolute Gasteiger partial charge is 0.341 e. The number of aromatic nitrogens is 5. The van der Waals surface area contributed by atoms with Crippen molar-refractivity contribution >= 4 is 11.9 Å². The maximum absolute atomic E-state index is 5.14. The fourth-order valence-electron chi connectivity index (χ4n) is 4.75. The Morgan fingerprint density at radius 2 is 1.55 bits per heavy atom. The van der Waals surface area contributed by atoms with Crippen LogP contribution in [0.25, 0.3) is 11.1 Å². The molecule has 2 fully saturated rings. The van der Waals surface area contributed by atoms with Crippen LogP contribution in [0.15, 0.2) is 36.8 Å². The van der Waals surface area contributed by atoms with Gasteiger partial charge in [-0.2, -0.15) is 0 Å². The van der Waals surface area contributed by atoms with E-state index in [9.17, 15) is 0 Å². The van der Waals surface area contributed by atoms with Gasteiger partial charge in [0.1, 0.15) is 0 Å². The van der Waals surface area contributed by atoms with Gasteiger partial charge in [-0.05, 0) is 63.3 Å². The zero-order chi connectivity index (χ0) is 21.2. The van der Waals surface area contributed by atoms with Gasteiger partial charge in [-0.3, -0.25) is 4.98 Å². The fourth-order valence-corrected chi connectivity index (χ4v) is 4.75. The average Bonchev–Trinajstić information content (AvgIpc) is 3.34. The zero-order valence-corrected chi connectivity index (χ0v) is 18.3. The minimum absolute atomic E-state index is 0.311. The number of hydrogen-bond donors (Lipinski definition) is 0. The van der Waals surface area contributed by atoms with Crippen molar-refractivity contribution in [1.82, 2.24) is 24.9 Å². The monoisotopic (exact) mass is 415 g/mol. The molecule has 31 heavy (non-hydrogen) atoms. The van der Waals surface area contributed by atoms with Gasteiger partial charge in [0.05, 0.1) is 5.69 Å². The first kappa shape index (κ1) is 19.8. The van der Waals surface area contributed by atoms with Crippen LogP contribution in [0.1, 0.15) is 48.7 Å². The van der Waals surface area contributed by atoms with E-state index in [-0.39, 0.29) is 0 Å². The summed E-state index contributed by atoms with van der Waals surface area (Å²) in [4.78, 5) is 28.1. The van der Waals surface area contributed by atoms with Crippen LogP contribution < -0.4 is 9.80 Å². The summed E-state index contributed by atoms with van der Waals surface area (Å²) in [5.41, 5.74) is 5.40. The van der Waals surface area contributed by atoms with Crippen LogP contribution in [0.2, 0.25) is 0 Å². The highest BCUT2D eigenvalue weighted by Crippen LogP contribution is 2.35. The molecule has 160 valence electrons. The van der Waals surface area contributed by atoms with Crippen LogP contribution in [0.3, 0.4) is 0 Å². The Morgan fingerprint density at radius 3 is 2.29 bits per heavy atom. The van der Waals surface area contributed by atoms with Gasteiger partial charge >= 0.3 is 0 Å². The molecular formula is C24H29N7. The van der Waals surface area contributed by atoms with Crippen molar-refractivity contribution in [3.8, 4) is 11.1 Å². The quantitative estimate of drug-likeness (QED) is 0.639. The van der Waals surface area contributed by atoms with Crippen LogP contribution in [-0.4, -0.2) is 51.1 Å². The molecule has 7 heteroatoms. The molecule has 0 amide bonds. The van der Waals surface area contributed by atoms with Gasteiger partial charge < -0.3 is 9.80 Å². The zero-order valence-electron chi connectivity index (χ0n) is 18.3. The Labute approximate surface area is 183 Å². The molecule has 0 spiro atoms. The van der Waals surface area contributed by atoms with Gasteiger partial charge in [0.15, 0.2) is 0 Å². The van der Waals surface area contributed by atoms with Crippen LogP contribution in [0.4, 0.5) is 11.9 Å². The Hall–Kier alpha value is -3.09. The minimum atomic E-state index is 0.311. The van der Waals surface area contributed by atoms with Crippen molar-refractivity contribution < 1.29 is 0 Å². The molecule has 2 aliphatic heterocycles. The molecule has 0 aliphatic carbocycles. The predicted molar refractivity (Wildman–Crippen MR) is 122 cm³/mol. The fraction of sp³-hybridized carbons (Fsp3) is 0.458. The van der Waals surface area contributed by atoms with E-state index < -0.39 is 0 Å². The lowest BCUT2D eigenvalue weighted by Gasteiger charge is -2.33. The highest BCUT2D eigenvalue weighted by Gasteiger charge is 2.28. The molecular weight excluding hydrogens is 386 g/mol. The molecule has 3 aromatic heterocycles. The van der Waals surface area contributed by atoms with E-state index in [1.54, 1.807) is 0 Å². The lowest BCUT2D eigenvalue weighted by atomic mass is 9.90. The molecule has 2 saturated heterocycles. The third-order valence-corrected chi connectivity index (χ3v) is 6.25. The second kappa shape index (κ2) is 8.57. The third kappa shape index (κ3) is 4.22. The summed E-state index contributed by atoms with van der Waals surface area (Å²) < 4.78 is 0. The molecule has 0 N–H and O–H groups in total. The predicted octanol–water partition coefficient (Wildman–Crippen LogP) is 3.93. The summed E-state index contributed by atoms with van der Waals surface area (Å²) in [6, 6.07) is 6.12. The number of pyridine rings is 1. The number of aryl methyl sites for hydroxylation is 2. The lowest BCUT2D eigenvalue weighted by molar-refractivity contribution is 0.495. The van der Waals surface area contributed by atoms with Crippen molar-refractivity contribution in [1.29, 1.82) is 0 Å². The first-order valence-corrected chi connectivity index (χ1v) is 11.3. The van der Waals surface area contributed by atoms with Crippen LogP contribution >= 0.6 is 0 Å². The summed E-state index contributed by atoms with van der Waals surface area (Å²) in [5.74, 6) is 2.01. The summed E-state index contributed by atoms with van der Waals surface area (Å²) in [6.45, 7) is 8.01. The van der Waals surface area contributed by atoms with Gasteiger partial charge in [0.2, 0.25) is 11.9 Å². The number of anilines is 2. The topological polar surface area (TPSA) is 70.9 Å². The third-order valence-electron chi connectivity index (χ3n) is 6.25. The lowest BCUT2D eigenvalue weighted by Crippen LogP contribution is -2.36. The first-order valence-electron chi connectivity index (χ1n) is 11.3. The van der Waals surface area contributed by atoms with Crippen molar-refractivity contribution in [2.75, 3.05) is 36.0 Å². The Bertz CT molecular complexity index is 1030. The molecule has 1 atom stereocenters. The number of rotatable bonds is 4. The number of hydrogen-bond acceptors (Lipinski definition) is 7. The van der Waals surface area contributed by atoms with Crippen molar-refractivity contribution in [3.63, 3.8) is 0 Å². The van der Waals surface area contributed by atoms with Gasteiger partial charge in [0.25, 0.3) is 0 Å².